The van der Waals surface area contributed by atoms with E-state index in [4.69, 9.17) is 0 Å². The summed E-state index contributed by atoms with van der Waals surface area (Å²) in [5.41, 5.74) is -0.369. The third-order valence-corrected chi connectivity index (χ3v) is 9.74. The number of benzene rings is 1. The molecule has 216 valence electrons. The van der Waals surface area contributed by atoms with Crippen LogP contribution >= 0.6 is 7.14 Å². The molecule has 1 saturated heterocycles. The minimum absolute atomic E-state index is 0.0241. The van der Waals surface area contributed by atoms with Crippen LogP contribution in [0.1, 0.15) is 55.5 Å². The van der Waals surface area contributed by atoms with Crippen LogP contribution in [0.5, 0.6) is 0 Å². The third-order valence-electron chi connectivity index (χ3n) is 8.20. The first-order chi connectivity index (χ1) is 18.7. The molecule has 3 aliphatic rings. The molecule has 2 aromatic heterocycles. The number of fused-ring (bicyclic) bond motifs is 6. The van der Waals surface area contributed by atoms with E-state index in [1.54, 1.807) is 37.4 Å². The van der Waals surface area contributed by atoms with E-state index in [-0.39, 0.29) is 34.7 Å². The normalized spacial score (nSPS) is 22.3. The Kier molecular flexibility index (Phi) is 7.28. The van der Waals surface area contributed by atoms with Crippen LogP contribution in [0.15, 0.2) is 24.5 Å². The quantitative estimate of drug-likeness (QED) is 0.376. The summed E-state index contributed by atoms with van der Waals surface area (Å²) >= 11 is 0. The molecule has 5 heterocycles. The second kappa shape index (κ2) is 10.2. The van der Waals surface area contributed by atoms with Crippen LogP contribution in [0, 0.1) is 0 Å². The number of carbonyl (C=O) groups excluding carboxylic acids is 1. The number of hydrogen-bond acceptors (Lipinski definition) is 6. The van der Waals surface area contributed by atoms with E-state index in [1.807, 2.05) is 0 Å². The van der Waals surface area contributed by atoms with Crippen LogP contribution in [0.3, 0.4) is 0 Å². The van der Waals surface area contributed by atoms with Gasteiger partial charge in [0.2, 0.25) is 5.95 Å². The summed E-state index contributed by atoms with van der Waals surface area (Å²) in [5, 5.41) is 4.05. The first kappa shape index (κ1) is 28.6. The standard InChI is InChI=1S/C28H36F3N6O2P/c1-27(2)11-10-17-16-37(27)13-7-6-12-36(3)25(38)19-9-8-18-20(14-32-23(18)24(19)40(4,5)39)22-21(28(29,30)31)15-33-26(34-17)35-22/h8-9,14-15,17,32H,6-7,10-13,16H2,1-5H3,(H,33,34,35)/t17-/m0/s1. The fourth-order valence-electron chi connectivity index (χ4n) is 5.92. The molecule has 2 atom stereocenters. The highest BCUT2D eigenvalue weighted by molar-refractivity contribution is 7.70. The van der Waals surface area contributed by atoms with Gasteiger partial charge in [-0.05, 0) is 65.5 Å². The Bertz CT molecular complexity index is 1500. The number of halogens is 3. The highest BCUT2D eigenvalue weighted by Crippen LogP contribution is 2.43. The predicted octanol–water partition coefficient (Wildman–Crippen LogP) is 5.41. The highest BCUT2D eigenvalue weighted by Gasteiger charge is 2.38. The molecule has 3 aliphatic heterocycles. The second-order valence-corrected chi connectivity index (χ2v) is 15.1. The number of piperidine rings is 1. The molecule has 6 rings (SSSR count). The minimum Gasteiger partial charge on any atom is -0.360 e. The summed E-state index contributed by atoms with van der Waals surface area (Å²) in [6.07, 6.45) is 1.01. The fraction of sp³-hybridized carbons (Fsp3) is 0.536. The summed E-state index contributed by atoms with van der Waals surface area (Å²) < 4.78 is 56.0. The van der Waals surface area contributed by atoms with Crippen molar-refractivity contribution in [2.24, 2.45) is 0 Å². The van der Waals surface area contributed by atoms with E-state index in [1.165, 1.54) is 6.20 Å². The molecule has 0 spiro atoms. The van der Waals surface area contributed by atoms with E-state index in [2.05, 4.69) is 39.0 Å². The molecule has 0 aliphatic carbocycles. The van der Waals surface area contributed by atoms with E-state index in [0.29, 0.717) is 34.9 Å². The van der Waals surface area contributed by atoms with Crippen LogP contribution in [0.4, 0.5) is 19.1 Å². The Hall–Kier alpha value is -2.91. The molecule has 0 radical (unpaired) electrons. The van der Waals surface area contributed by atoms with Gasteiger partial charge in [0.1, 0.15) is 12.7 Å². The number of nitrogens with one attached hydrogen (secondary N) is 2. The monoisotopic (exact) mass is 576 g/mol. The lowest BCUT2D eigenvalue weighted by Crippen LogP contribution is -2.54. The smallest absolute Gasteiger partial charge is 0.360 e. The van der Waals surface area contributed by atoms with Crippen molar-refractivity contribution in [3.05, 3.63) is 35.7 Å². The predicted molar refractivity (Wildman–Crippen MR) is 152 cm³/mol. The zero-order valence-corrected chi connectivity index (χ0v) is 24.4. The Balaban J connectivity index is 1.71. The van der Waals surface area contributed by atoms with Crippen molar-refractivity contribution in [2.45, 2.75) is 57.3 Å². The third kappa shape index (κ3) is 5.38. The molecule has 2 N–H and O–H groups in total. The fourth-order valence-corrected chi connectivity index (χ4v) is 7.39. The van der Waals surface area contributed by atoms with Gasteiger partial charge in [-0.25, -0.2) is 9.97 Å². The number of H-pyrrole nitrogens is 1. The Morgan fingerprint density at radius 2 is 1.85 bits per heavy atom. The van der Waals surface area contributed by atoms with Crippen LogP contribution < -0.4 is 10.6 Å². The number of alkyl halides is 3. The second-order valence-electron chi connectivity index (χ2n) is 12.0. The zero-order chi connectivity index (χ0) is 29.0. The highest BCUT2D eigenvalue weighted by atomic mass is 31.2. The molecule has 1 unspecified atom stereocenters. The lowest BCUT2D eigenvalue weighted by atomic mass is 9.88. The number of anilines is 1. The van der Waals surface area contributed by atoms with Crippen molar-refractivity contribution in [3.63, 3.8) is 0 Å². The maximum Gasteiger partial charge on any atom is 0.419 e. The van der Waals surface area contributed by atoms with Crippen LogP contribution in [0.2, 0.25) is 0 Å². The molecule has 3 aromatic rings. The molecule has 8 nitrogen and oxygen atoms in total. The molecular weight excluding hydrogens is 540 g/mol. The maximum absolute atomic E-state index is 14.2. The van der Waals surface area contributed by atoms with Gasteiger partial charge in [-0.3, -0.25) is 9.69 Å². The maximum atomic E-state index is 14.2. The van der Waals surface area contributed by atoms with Gasteiger partial charge in [-0.15, -0.1) is 0 Å². The summed E-state index contributed by atoms with van der Waals surface area (Å²) in [6.45, 7) is 9.60. The molecule has 1 amide bonds. The largest absolute Gasteiger partial charge is 0.419 e. The average molecular weight is 577 g/mol. The SMILES string of the molecule is CN1CCCCN2C[C@H](CCC2(C)C)Nc2ncc(C(F)(F)F)c(n2)-c2c[nH]c3c(P(C)(C)=O)c(ccc23)C1=O. The van der Waals surface area contributed by atoms with Gasteiger partial charge in [-0.2, -0.15) is 13.2 Å². The van der Waals surface area contributed by atoms with Crippen molar-refractivity contribution in [1.29, 1.82) is 0 Å². The number of rotatable bonds is 1. The molecule has 40 heavy (non-hydrogen) atoms. The van der Waals surface area contributed by atoms with Gasteiger partial charge in [0, 0.05) is 60.4 Å². The summed E-state index contributed by atoms with van der Waals surface area (Å²) in [6, 6.07) is 3.16. The van der Waals surface area contributed by atoms with Crippen molar-refractivity contribution >= 4 is 35.2 Å². The zero-order valence-electron chi connectivity index (χ0n) is 23.5. The van der Waals surface area contributed by atoms with Crippen LogP contribution in [-0.4, -0.2) is 82.3 Å². The van der Waals surface area contributed by atoms with Crippen LogP contribution in [0.25, 0.3) is 22.2 Å². The van der Waals surface area contributed by atoms with E-state index >= 15 is 0 Å². The van der Waals surface area contributed by atoms with Gasteiger partial charge in [0.05, 0.1) is 16.8 Å². The Morgan fingerprint density at radius 1 is 1.12 bits per heavy atom. The Morgan fingerprint density at radius 3 is 2.55 bits per heavy atom. The molecule has 0 saturated carbocycles. The Labute approximate surface area is 232 Å². The summed E-state index contributed by atoms with van der Waals surface area (Å²) in [5.74, 6) is -0.130. The first-order valence-corrected chi connectivity index (χ1v) is 16.2. The van der Waals surface area contributed by atoms with Gasteiger partial charge in [-0.1, -0.05) is 6.07 Å². The van der Waals surface area contributed by atoms with Gasteiger partial charge < -0.3 is 19.8 Å². The lowest BCUT2D eigenvalue weighted by Gasteiger charge is -2.46. The van der Waals surface area contributed by atoms with Crippen molar-refractivity contribution in [2.75, 3.05) is 45.3 Å². The van der Waals surface area contributed by atoms with Crippen LogP contribution in [-0.2, 0) is 10.7 Å². The number of carbonyl (C=O) groups is 1. The molecule has 1 aromatic carbocycles. The lowest BCUT2D eigenvalue weighted by molar-refractivity contribution is -0.137. The van der Waals surface area contributed by atoms with E-state index in [9.17, 15) is 22.5 Å². The van der Waals surface area contributed by atoms with Crippen molar-refractivity contribution < 1.29 is 22.5 Å². The number of hydrogen-bond donors (Lipinski definition) is 2. The minimum atomic E-state index is -4.69. The number of amides is 1. The molecule has 1 fully saturated rings. The van der Waals surface area contributed by atoms with Gasteiger partial charge in [0.25, 0.3) is 5.91 Å². The number of nitrogens with zero attached hydrogens (tertiary/aromatic N) is 4. The molecule has 12 heteroatoms. The van der Waals surface area contributed by atoms with E-state index in [0.717, 1.165) is 38.4 Å². The molecule has 8 bridgehead atoms. The average Bonchev–Trinajstić information content (AvgIpc) is 3.29. The number of aromatic amines is 1. The summed E-state index contributed by atoms with van der Waals surface area (Å²) in [4.78, 5) is 29.1. The van der Waals surface area contributed by atoms with Crippen molar-refractivity contribution in [1.82, 2.24) is 24.8 Å². The van der Waals surface area contributed by atoms with Crippen molar-refractivity contribution in [3.8, 4) is 11.3 Å². The van der Waals surface area contributed by atoms with Gasteiger partial charge in [0.15, 0.2) is 0 Å². The topological polar surface area (TPSA) is 94.2 Å². The number of aromatic nitrogens is 3. The van der Waals surface area contributed by atoms with E-state index < -0.39 is 18.9 Å². The first-order valence-electron chi connectivity index (χ1n) is 13.6. The van der Waals surface area contributed by atoms with Gasteiger partial charge >= 0.3 is 6.18 Å². The summed E-state index contributed by atoms with van der Waals surface area (Å²) in [7, 11) is -1.31. The molecular formula is C28H36F3N6O2P.